The van der Waals surface area contributed by atoms with E-state index in [0.717, 1.165) is 5.69 Å². The van der Waals surface area contributed by atoms with Crippen LogP contribution >= 0.6 is 0 Å². The van der Waals surface area contributed by atoms with E-state index in [1.165, 1.54) is 116 Å². The summed E-state index contributed by atoms with van der Waals surface area (Å²) in [6.07, 6.45) is 6.65. The second-order valence-corrected chi connectivity index (χ2v) is 16.7. The van der Waals surface area contributed by atoms with Gasteiger partial charge in [0.05, 0.1) is 0 Å². The van der Waals surface area contributed by atoms with Gasteiger partial charge in [-0.2, -0.15) is 0 Å². The molecular weight excluding hydrogens is 699 g/mol. The lowest BCUT2D eigenvalue weighted by atomic mass is 9.82. The van der Waals surface area contributed by atoms with Crippen LogP contribution in [0.4, 0.5) is 17.1 Å². The molecule has 0 N–H and O–H groups in total. The van der Waals surface area contributed by atoms with Crippen molar-refractivity contribution in [3.05, 3.63) is 211 Å². The van der Waals surface area contributed by atoms with Crippen LogP contribution in [0.25, 0.3) is 55.6 Å². The molecule has 0 unspecified atom stereocenters. The standard InChI is InChI=1S/C57H49N/c1-57(2)54-24-13-12-21-52(54)53-38-37-49(39-55(53)57)58(47-33-29-43(30-34-47)41-17-8-4-9-18-41)48-35-31-46(32-36-48)56-50(44-19-10-5-11-20-44)22-14-23-51(56)45-27-25-42(26-28-45)40-15-6-3-7-16-40/h3,5-7,10-16,19-39,41H,4,8-9,17-18H2,1-2H3. The number of hydrogen-bond donors (Lipinski definition) is 0. The molecule has 0 aliphatic heterocycles. The first kappa shape index (κ1) is 35.9. The molecule has 0 radical (unpaired) electrons. The third-order valence-corrected chi connectivity index (χ3v) is 12.9. The lowest BCUT2D eigenvalue weighted by Gasteiger charge is -2.29. The summed E-state index contributed by atoms with van der Waals surface area (Å²) in [5.41, 5.74) is 20.2. The van der Waals surface area contributed by atoms with Gasteiger partial charge in [0.1, 0.15) is 0 Å². The van der Waals surface area contributed by atoms with E-state index in [1.54, 1.807) is 0 Å². The smallest absolute Gasteiger partial charge is 0.0465 e. The van der Waals surface area contributed by atoms with Crippen LogP contribution in [-0.2, 0) is 5.41 Å². The van der Waals surface area contributed by atoms with Crippen molar-refractivity contribution in [1.29, 1.82) is 0 Å². The average molecular weight is 748 g/mol. The summed E-state index contributed by atoms with van der Waals surface area (Å²) in [5.74, 6) is 0.670. The topological polar surface area (TPSA) is 3.24 Å². The Hall–Kier alpha value is -6.44. The molecule has 1 saturated carbocycles. The van der Waals surface area contributed by atoms with Gasteiger partial charge in [-0.05, 0) is 127 Å². The summed E-state index contributed by atoms with van der Waals surface area (Å²) in [6, 6.07) is 72.1. The highest BCUT2D eigenvalue weighted by Gasteiger charge is 2.35. The van der Waals surface area contributed by atoms with Gasteiger partial charge in [-0.15, -0.1) is 0 Å². The molecule has 1 heteroatoms. The van der Waals surface area contributed by atoms with Crippen LogP contribution in [-0.4, -0.2) is 0 Å². The SMILES string of the molecule is CC1(C)c2ccccc2-c2ccc(N(c3ccc(-c4c(-c5ccccc5)cccc4-c4ccc(-c5ccccc5)cc4)cc3)c3ccc(C4CCCCC4)cc3)cc21. The molecule has 0 spiro atoms. The molecule has 8 aromatic carbocycles. The van der Waals surface area contributed by atoms with Crippen LogP contribution in [0.15, 0.2) is 194 Å². The van der Waals surface area contributed by atoms with Gasteiger partial charge in [-0.3, -0.25) is 0 Å². The molecule has 1 fully saturated rings. The zero-order valence-corrected chi connectivity index (χ0v) is 33.5. The highest BCUT2D eigenvalue weighted by molar-refractivity contribution is 5.95. The number of hydrogen-bond acceptors (Lipinski definition) is 1. The molecule has 1 nitrogen and oxygen atoms in total. The lowest BCUT2D eigenvalue weighted by Crippen LogP contribution is -2.16. The van der Waals surface area contributed by atoms with E-state index in [2.05, 4.69) is 213 Å². The van der Waals surface area contributed by atoms with Crippen molar-refractivity contribution in [1.82, 2.24) is 0 Å². The van der Waals surface area contributed by atoms with Crippen molar-refractivity contribution >= 4 is 17.1 Å². The Morgan fingerprint density at radius 3 is 1.53 bits per heavy atom. The van der Waals surface area contributed by atoms with Crippen LogP contribution < -0.4 is 4.90 Å². The molecule has 0 heterocycles. The van der Waals surface area contributed by atoms with Crippen molar-refractivity contribution < 1.29 is 0 Å². The van der Waals surface area contributed by atoms with Crippen LogP contribution in [0.3, 0.4) is 0 Å². The predicted molar refractivity (Wildman–Crippen MR) is 246 cm³/mol. The second-order valence-electron chi connectivity index (χ2n) is 16.7. The highest BCUT2D eigenvalue weighted by Crippen LogP contribution is 2.51. The van der Waals surface area contributed by atoms with Gasteiger partial charge in [0, 0.05) is 22.5 Å². The van der Waals surface area contributed by atoms with E-state index in [1.807, 2.05) is 0 Å². The monoisotopic (exact) mass is 747 g/mol. The van der Waals surface area contributed by atoms with Gasteiger partial charge in [0.15, 0.2) is 0 Å². The Balaban J connectivity index is 1.08. The van der Waals surface area contributed by atoms with Gasteiger partial charge in [-0.1, -0.05) is 191 Å². The largest absolute Gasteiger partial charge is 0.310 e. The summed E-state index contributed by atoms with van der Waals surface area (Å²) >= 11 is 0. The summed E-state index contributed by atoms with van der Waals surface area (Å²) in [4.78, 5) is 2.46. The van der Waals surface area contributed by atoms with Crippen molar-refractivity contribution in [3.8, 4) is 55.6 Å². The van der Waals surface area contributed by atoms with Crippen LogP contribution in [0.2, 0.25) is 0 Å². The summed E-state index contributed by atoms with van der Waals surface area (Å²) in [7, 11) is 0. The van der Waals surface area contributed by atoms with E-state index < -0.39 is 0 Å². The van der Waals surface area contributed by atoms with Gasteiger partial charge >= 0.3 is 0 Å². The normalized spacial score (nSPS) is 14.4. The van der Waals surface area contributed by atoms with Gasteiger partial charge < -0.3 is 4.90 Å². The minimum absolute atomic E-state index is 0.0842. The van der Waals surface area contributed by atoms with Gasteiger partial charge in [-0.25, -0.2) is 0 Å². The summed E-state index contributed by atoms with van der Waals surface area (Å²) < 4.78 is 0. The first-order chi connectivity index (χ1) is 28.5. The maximum Gasteiger partial charge on any atom is 0.0465 e. The summed E-state index contributed by atoms with van der Waals surface area (Å²) in [6.45, 7) is 4.74. The maximum atomic E-state index is 2.46. The zero-order valence-electron chi connectivity index (χ0n) is 33.5. The molecule has 0 bridgehead atoms. The number of benzene rings is 8. The van der Waals surface area contributed by atoms with Crippen LogP contribution in [0.5, 0.6) is 0 Å². The minimum Gasteiger partial charge on any atom is -0.310 e. The van der Waals surface area contributed by atoms with E-state index in [9.17, 15) is 0 Å². The van der Waals surface area contributed by atoms with E-state index in [4.69, 9.17) is 0 Å². The van der Waals surface area contributed by atoms with Crippen molar-refractivity contribution in [2.45, 2.75) is 57.3 Å². The number of fused-ring (bicyclic) bond motifs is 3. The first-order valence-electron chi connectivity index (χ1n) is 21.1. The third-order valence-electron chi connectivity index (χ3n) is 12.9. The molecule has 8 aromatic rings. The van der Waals surface area contributed by atoms with Crippen molar-refractivity contribution in [3.63, 3.8) is 0 Å². The first-order valence-corrected chi connectivity index (χ1v) is 21.1. The Kier molecular flexibility index (Phi) is 9.38. The van der Waals surface area contributed by atoms with E-state index >= 15 is 0 Å². The number of nitrogens with zero attached hydrogens (tertiary/aromatic N) is 1. The molecule has 0 atom stereocenters. The van der Waals surface area contributed by atoms with Crippen molar-refractivity contribution in [2.75, 3.05) is 4.90 Å². The zero-order chi connectivity index (χ0) is 39.1. The quantitative estimate of drug-likeness (QED) is 0.150. The fourth-order valence-corrected chi connectivity index (χ4v) is 9.82. The molecule has 10 rings (SSSR count). The number of rotatable bonds is 8. The van der Waals surface area contributed by atoms with Crippen LogP contribution in [0.1, 0.15) is 68.6 Å². The molecule has 2 aliphatic rings. The predicted octanol–water partition coefficient (Wildman–Crippen LogP) is 16.2. The van der Waals surface area contributed by atoms with E-state index in [0.29, 0.717) is 5.92 Å². The molecular formula is C57H49N. The molecule has 282 valence electrons. The van der Waals surface area contributed by atoms with Gasteiger partial charge in [0.25, 0.3) is 0 Å². The lowest BCUT2D eigenvalue weighted by molar-refractivity contribution is 0.443. The Labute approximate surface area is 344 Å². The van der Waals surface area contributed by atoms with Crippen LogP contribution in [0, 0.1) is 0 Å². The average Bonchev–Trinajstić information content (AvgIpc) is 3.53. The number of anilines is 3. The third kappa shape index (κ3) is 6.55. The fraction of sp³-hybridized carbons (Fsp3) is 0.158. The highest BCUT2D eigenvalue weighted by atomic mass is 15.1. The van der Waals surface area contributed by atoms with Gasteiger partial charge in [0.2, 0.25) is 0 Å². The molecule has 2 aliphatic carbocycles. The Bertz CT molecular complexity index is 2680. The second kappa shape index (κ2) is 15.1. The Morgan fingerprint density at radius 1 is 0.379 bits per heavy atom. The minimum atomic E-state index is -0.0842. The van der Waals surface area contributed by atoms with E-state index in [-0.39, 0.29) is 5.41 Å². The molecule has 0 saturated heterocycles. The van der Waals surface area contributed by atoms with Crippen molar-refractivity contribution in [2.24, 2.45) is 0 Å². The Morgan fingerprint density at radius 2 is 0.862 bits per heavy atom. The fourth-order valence-electron chi connectivity index (χ4n) is 9.82. The maximum absolute atomic E-state index is 2.46. The molecule has 0 amide bonds. The molecule has 58 heavy (non-hydrogen) atoms. The summed E-state index contributed by atoms with van der Waals surface area (Å²) in [5, 5.41) is 0. The molecule has 0 aromatic heterocycles.